The van der Waals surface area contributed by atoms with E-state index in [1.54, 1.807) is 0 Å². The molecule has 1 N–H and O–H groups in total. The van der Waals surface area contributed by atoms with Crippen molar-refractivity contribution >= 4 is 12.2 Å². The molecule has 4 heteroatoms. The minimum absolute atomic E-state index is 0.789. The van der Waals surface area contributed by atoms with Gasteiger partial charge in [-0.25, -0.2) is 0 Å². The number of nitrogens with one attached hydrogen (secondary N) is 1. The summed E-state index contributed by atoms with van der Waals surface area (Å²) in [6.07, 6.45) is 3.05. The number of imidazole rings is 1. The molecule has 3 nitrogen and oxygen atoms in total. The minimum atomic E-state index is 0.789. The summed E-state index contributed by atoms with van der Waals surface area (Å²) in [5, 5.41) is 0. The fourth-order valence-electron chi connectivity index (χ4n) is 1.21. The summed E-state index contributed by atoms with van der Waals surface area (Å²) in [4.78, 5) is 3.09. The average molecular weight is 200 g/mol. The van der Waals surface area contributed by atoms with E-state index in [0.717, 1.165) is 36.6 Å². The van der Waals surface area contributed by atoms with Crippen LogP contribution in [0.15, 0.2) is 6.20 Å². The zero-order valence-corrected chi connectivity index (χ0v) is 8.99. The molecule has 0 aliphatic carbocycles. The second-order valence-corrected chi connectivity index (χ2v) is 3.37. The number of rotatable bonds is 5. The SMILES string of the molecule is CCOCCCn1cc(C)[nH]c1=S. The van der Waals surface area contributed by atoms with Gasteiger partial charge in [0.1, 0.15) is 0 Å². The third kappa shape index (κ3) is 3.32. The van der Waals surface area contributed by atoms with Crippen molar-refractivity contribution in [2.24, 2.45) is 0 Å². The highest BCUT2D eigenvalue weighted by atomic mass is 32.1. The van der Waals surface area contributed by atoms with Crippen LogP contribution in [-0.4, -0.2) is 22.8 Å². The Morgan fingerprint density at radius 2 is 2.38 bits per heavy atom. The van der Waals surface area contributed by atoms with Crippen molar-refractivity contribution in [2.45, 2.75) is 26.8 Å². The van der Waals surface area contributed by atoms with Gasteiger partial charge in [0, 0.05) is 31.6 Å². The maximum atomic E-state index is 5.24. The van der Waals surface area contributed by atoms with Crippen molar-refractivity contribution < 1.29 is 4.74 Å². The van der Waals surface area contributed by atoms with Gasteiger partial charge < -0.3 is 14.3 Å². The van der Waals surface area contributed by atoms with Crippen LogP contribution in [0.5, 0.6) is 0 Å². The monoisotopic (exact) mass is 200 g/mol. The van der Waals surface area contributed by atoms with E-state index in [9.17, 15) is 0 Å². The Bertz CT molecular complexity index is 303. The van der Waals surface area contributed by atoms with Crippen LogP contribution >= 0.6 is 12.2 Å². The van der Waals surface area contributed by atoms with E-state index in [0.29, 0.717) is 0 Å². The number of aromatic amines is 1. The van der Waals surface area contributed by atoms with Crippen LogP contribution in [-0.2, 0) is 11.3 Å². The molecule has 0 radical (unpaired) electrons. The molecule has 0 bridgehead atoms. The van der Waals surface area contributed by atoms with E-state index in [2.05, 4.69) is 4.98 Å². The lowest BCUT2D eigenvalue weighted by atomic mass is 10.4. The highest BCUT2D eigenvalue weighted by molar-refractivity contribution is 7.71. The molecule has 74 valence electrons. The standard InChI is InChI=1S/C9H16N2OS/c1-3-12-6-4-5-11-7-8(2)10-9(11)13/h7H,3-6H2,1-2H3,(H,10,13). The molecule has 0 saturated carbocycles. The topological polar surface area (TPSA) is 29.9 Å². The van der Waals surface area contributed by atoms with Gasteiger partial charge in [0.05, 0.1) is 0 Å². The summed E-state index contributed by atoms with van der Waals surface area (Å²) in [6.45, 7) is 6.55. The molecule has 0 fully saturated rings. The molecular weight excluding hydrogens is 184 g/mol. The summed E-state index contributed by atoms with van der Waals surface area (Å²) >= 11 is 5.12. The van der Waals surface area contributed by atoms with Gasteiger partial charge in [-0.15, -0.1) is 0 Å². The molecule has 1 aromatic heterocycles. The van der Waals surface area contributed by atoms with Gasteiger partial charge in [-0.1, -0.05) is 0 Å². The van der Waals surface area contributed by atoms with Crippen LogP contribution in [0.2, 0.25) is 0 Å². The van der Waals surface area contributed by atoms with Crippen LogP contribution in [0.3, 0.4) is 0 Å². The highest BCUT2D eigenvalue weighted by Crippen LogP contribution is 1.98. The zero-order valence-electron chi connectivity index (χ0n) is 8.17. The summed E-state index contributed by atoms with van der Waals surface area (Å²) < 4.78 is 8.09. The van der Waals surface area contributed by atoms with Crippen molar-refractivity contribution in [3.8, 4) is 0 Å². The van der Waals surface area contributed by atoms with E-state index in [1.807, 2.05) is 24.6 Å². The molecule has 0 amide bonds. The van der Waals surface area contributed by atoms with Gasteiger partial charge >= 0.3 is 0 Å². The molecule has 0 aliphatic heterocycles. The normalized spacial score (nSPS) is 10.6. The highest BCUT2D eigenvalue weighted by Gasteiger charge is 1.95. The second kappa shape index (κ2) is 5.19. The predicted octanol–water partition coefficient (Wildman–Crippen LogP) is 2.28. The summed E-state index contributed by atoms with van der Waals surface area (Å²) in [7, 11) is 0. The number of hydrogen-bond donors (Lipinski definition) is 1. The number of aryl methyl sites for hydroxylation is 2. The van der Waals surface area contributed by atoms with E-state index in [1.165, 1.54) is 0 Å². The first kappa shape index (κ1) is 10.5. The number of H-pyrrole nitrogens is 1. The molecule has 0 aliphatic rings. The zero-order chi connectivity index (χ0) is 9.68. The van der Waals surface area contributed by atoms with Gasteiger partial charge in [0.15, 0.2) is 4.77 Å². The van der Waals surface area contributed by atoms with E-state index in [4.69, 9.17) is 17.0 Å². The Morgan fingerprint density at radius 3 is 2.92 bits per heavy atom. The molecule has 1 heterocycles. The van der Waals surface area contributed by atoms with Gasteiger partial charge in [-0.3, -0.25) is 0 Å². The fraction of sp³-hybridized carbons (Fsp3) is 0.667. The molecular formula is C9H16N2OS. The average Bonchev–Trinajstić information content (AvgIpc) is 2.39. The Balaban J connectivity index is 2.36. The number of ether oxygens (including phenoxy) is 1. The Labute approximate surface area is 83.7 Å². The molecule has 0 spiro atoms. The van der Waals surface area contributed by atoms with E-state index >= 15 is 0 Å². The van der Waals surface area contributed by atoms with Gasteiger partial charge in [0.2, 0.25) is 0 Å². The van der Waals surface area contributed by atoms with Gasteiger partial charge in [-0.05, 0) is 32.5 Å². The smallest absolute Gasteiger partial charge is 0.177 e. The first-order valence-electron chi connectivity index (χ1n) is 4.58. The minimum Gasteiger partial charge on any atom is -0.382 e. The number of nitrogens with zero attached hydrogens (tertiary/aromatic N) is 1. The van der Waals surface area contributed by atoms with Crippen LogP contribution in [0.4, 0.5) is 0 Å². The quantitative estimate of drug-likeness (QED) is 0.584. The summed E-state index contributed by atoms with van der Waals surface area (Å²) in [5.41, 5.74) is 1.11. The van der Waals surface area contributed by atoms with Gasteiger partial charge in [0.25, 0.3) is 0 Å². The van der Waals surface area contributed by atoms with Crippen molar-refractivity contribution in [2.75, 3.05) is 13.2 Å². The predicted molar refractivity (Wildman–Crippen MR) is 55.5 cm³/mol. The molecule has 0 saturated heterocycles. The summed E-state index contributed by atoms with van der Waals surface area (Å²) in [5.74, 6) is 0. The molecule has 1 aromatic rings. The Hall–Kier alpha value is -0.610. The molecule has 0 atom stereocenters. The van der Waals surface area contributed by atoms with Crippen LogP contribution in [0.25, 0.3) is 0 Å². The largest absolute Gasteiger partial charge is 0.382 e. The van der Waals surface area contributed by atoms with Crippen molar-refractivity contribution in [1.82, 2.24) is 9.55 Å². The van der Waals surface area contributed by atoms with E-state index in [-0.39, 0.29) is 0 Å². The first-order valence-corrected chi connectivity index (χ1v) is 4.98. The molecule has 13 heavy (non-hydrogen) atoms. The van der Waals surface area contributed by atoms with Crippen molar-refractivity contribution in [3.63, 3.8) is 0 Å². The van der Waals surface area contributed by atoms with Crippen LogP contribution in [0.1, 0.15) is 19.0 Å². The lowest BCUT2D eigenvalue weighted by Crippen LogP contribution is -2.01. The Kier molecular flexibility index (Phi) is 4.18. The molecule has 1 rings (SSSR count). The second-order valence-electron chi connectivity index (χ2n) is 2.99. The molecule has 0 unspecified atom stereocenters. The third-order valence-electron chi connectivity index (χ3n) is 1.81. The number of hydrogen-bond acceptors (Lipinski definition) is 2. The fourth-order valence-corrected chi connectivity index (χ4v) is 1.52. The molecule has 0 aromatic carbocycles. The number of aromatic nitrogens is 2. The van der Waals surface area contributed by atoms with Crippen LogP contribution in [0, 0.1) is 11.7 Å². The van der Waals surface area contributed by atoms with Crippen molar-refractivity contribution in [1.29, 1.82) is 0 Å². The maximum Gasteiger partial charge on any atom is 0.177 e. The lowest BCUT2D eigenvalue weighted by Gasteiger charge is -2.01. The lowest BCUT2D eigenvalue weighted by molar-refractivity contribution is 0.141. The van der Waals surface area contributed by atoms with Gasteiger partial charge in [-0.2, -0.15) is 0 Å². The van der Waals surface area contributed by atoms with Crippen LogP contribution < -0.4 is 0 Å². The van der Waals surface area contributed by atoms with E-state index < -0.39 is 0 Å². The summed E-state index contributed by atoms with van der Waals surface area (Å²) in [6, 6.07) is 0. The third-order valence-corrected chi connectivity index (χ3v) is 2.14. The first-order chi connectivity index (χ1) is 6.24. The Morgan fingerprint density at radius 1 is 1.62 bits per heavy atom. The van der Waals surface area contributed by atoms with Crippen molar-refractivity contribution in [3.05, 3.63) is 16.7 Å². The maximum absolute atomic E-state index is 5.24.